The zero-order valence-electron chi connectivity index (χ0n) is 8.12. The Labute approximate surface area is 82.4 Å². The topological polar surface area (TPSA) is 84.1 Å². The Bertz CT molecular complexity index is 353. The van der Waals surface area contributed by atoms with Gasteiger partial charge in [0, 0.05) is 12.1 Å². The molecule has 1 atom stereocenters. The summed E-state index contributed by atoms with van der Waals surface area (Å²) in [5, 5.41) is 12.7. The molecule has 0 bridgehead atoms. The van der Waals surface area contributed by atoms with Crippen LogP contribution in [0.5, 0.6) is 0 Å². The molecule has 76 valence electrons. The van der Waals surface area contributed by atoms with Crippen LogP contribution < -0.4 is 11.1 Å². The van der Waals surface area contributed by atoms with Crippen LogP contribution in [0.15, 0.2) is 0 Å². The number of aliphatic hydroxyl groups is 1. The van der Waals surface area contributed by atoms with Crippen LogP contribution in [-0.2, 0) is 13.0 Å². The van der Waals surface area contributed by atoms with Gasteiger partial charge in [-0.3, -0.25) is 0 Å². The van der Waals surface area contributed by atoms with Crippen molar-refractivity contribution in [2.45, 2.75) is 25.5 Å². The number of anilines is 1. The monoisotopic (exact) mass is 194 g/mol. The van der Waals surface area contributed by atoms with E-state index in [0.29, 0.717) is 12.5 Å². The summed E-state index contributed by atoms with van der Waals surface area (Å²) >= 11 is 0. The molecule has 0 fully saturated rings. The van der Waals surface area contributed by atoms with Crippen molar-refractivity contribution >= 4 is 5.95 Å². The van der Waals surface area contributed by atoms with Gasteiger partial charge in [-0.1, -0.05) is 0 Å². The van der Waals surface area contributed by atoms with Crippen LogP contribution in [0.4, 0.5) is 5.95 Å². The van der Waals surface area contributed by atoms with Gasteiger partial charge in [-0.05, 0) is 19.9 Å². The molecule has 0 spiro atoms. The first-order valence-corrected chi connectivity index (χ1v) is 4.70. The fourth-order valence-electron chi connectivity index (χ4n) is 1.88. The summed E-state index contributed by atoms with van der Waals surface area (Å²) in [6.07, 6.45) is 1.10. The highest BCUT2D eigenvalue weighted by Gasteiger charge is 2.25. The van der Waals surface area contributed by atoms with E-state index in [0.717, 1.165) is 29.8 Å². The molecule has 1 unspecified atom stereocenters. The maximum Gasteiger partial charge on any atom is 0.220 e. The standard InChI is InChI=1S/C9H14N4O/c1-11-4-6-8-5(2-3-7(8)14)12-9(10)13-6/h7,11,14H,2-4H2,1H3,(H2,10,12,13). The van der Waals surface area contributed by atoms with E-state index >= 15 is 0 Å². The lowest BCUT2D eigenvalue weighted by Gasteiger charge is -2.10. The Hall–Kier alpha value is -1.20. The molecule has 1 heterocycles. The van der Waals surface area contributed by atoms with E-state index < -0.39 is 6.10 Å². The van der Waals surface area contributed by atoms with Crippen molar-refractivity contribution in [1.29, 1.82) is 0 Å². The van der Waals surface area contributed by atoms with Crippen molar-refractivity contribution in [3.05, 3.63) is 17.0 Å². The van der Waals surface area contributed by atoms with Gasteiger partial charge in [0.05, 0.1) is 17.5 Å². The number of nitrogens with zero attached hydrogens (tertiary/aromatic N) is 2. The second kappa shape index (κ2) is 3.51. The van der Waals surface area contributed by atoms with E-state index in [1.165, 1.54) is 0 Å². The van der Waals surface area contributed by atoms with Crippen molar-refractivity contribution in [2.75, 3.05) is 12.8 Å². The summed E-state index contributed by atoms with van der Waals surface area (Å²) in [5.74, 6) is 0.295. The quantitative estimate of drug-likeness (QED) is 0.605. The minimum Gasteiger partial charge on any atom is -0.388 e. The Morgan fingerprint density at radius 2 is 2.36 bits per heavy atom. The molecule has 14 heavy (non-hydrogen) atoms. The zero-order valence-corrected chi connectivity index (χ0v) is 8.12. The molecule has 0 amide bonds. The predicted molar refractivity (Wildman–Crippen MR) is 52.5 cm³/mol. The van der Waals surface area contributed by atoms with Gasteiger partial charge in [0.25, 0.3) is 0 Å². The minimum atomic E-state index is -0.422. The Balaban J connectivity index is 2.47. The fourth-order valence-corrected chi connectivity index (χ4v) is 1.88. The number of nitrogen functional groups attached to an aromatic ring is 1. The van der Waals surface area contributed by atoms with Crippen molar-refractivity contribution in [3.63, 3.8) is 0 Å². The molecule has 0 aromatic carbocycles. The van der Waals surface area contributed by atoms with E-state index in [1.807, 2.05) is 7.05 Å². The summed E-state index contributed by atoms with van der Waals surface area (Å²) in [7, 11) is 1.84. The van der Waals surface area contributed by atoms with Crippen molar-refractivity contribution in [2.24, 2.45) is 0 Å². The average Bonchev–Trinajstić information content (AvgIpc) is 2.48. The van der Waals surface area contributed by atoms with E-state index in [1.54, 1.807) is 0 Å². The molecule has 1 aliphatic rings. The van der Waals surface area contributed by atoms with Crippen LogP contribution in [0.2, 0.25) is 0 Å². The highest BCUT2D eigenvalue weighted by Crippen LogP contribution is 2.31. The number of aliphatic hydroxyl groups excluding tert-OH is 1. The van der Waals surface area contributed by atoms with Gasteiger partial charge in [-0.25, -0.2) is 9.97 Å². The molecule has 0 radical (unpaired) electrons. The maximum absolute atomic E-state index is 9.73. The molecule has 1 aromatic heterocycles. The van der Waals surface area contributed by atoms with Gasteiger partial charge in [0.2, 0.25) is 5.95 Å². The van der Waals surface area contributed by atoms with Crippen LogP contribution in [0.3, 0.4) is 0 Å². The normalized spacial score (nSPS) is 19.7. The number of aryl methyl sites for hydroxylation is 1. The summed E-state index contributed by atoms with van der Waals surface area (Å²) < 4.78 is 0. The van der Waals surface area contributed by atoms with Gasteiger partial charge in [-0.2, -0.15) is 0 Å². The molecule has 0 saturated heterocycles. The number of fused-ring (bicyclic) bond motifs is 1. The highest BCUT2D eigenvalue weighted by atomic mass is 16.3. The number of aromatic nitrogens is 2. The summed E-state index contributed by atoms with van der Waals surface area (Å²) in [6, 6.07) is 0. The van der Waals surface area contributed by atoms with Crippen LogP contribution in [0, 0.1) is 0 Å². The molecule has 5 heteroatoms. The third kappa shape index (κ3) is 1.44. The fraction of sp³-hybridized carbons (Fsp3) is 0.556. The van der Waals surface area contributed by atoms with Crippen molar-refractivity contribution < 1.29 is 5.11 Å². The predicted octanol–water partition coefficient (Wildman–Crippen LogP) is -0.242. The summed E-state index contributed by atoms with van der Waals surface area (Å²) in [6.45, 7) is 0.617. The maximum atomic E-state index is 9.73. The number of nitrogens with one attached hydrogen (secondary N) is 1. The molecule has 0 aliphatic heterocycles. The van der Waals surface area contributed by atoms with Crippen molar-refractivity contribution in [3.8, 4) is 0 Å². The zero-order chi connectivity index (χ0) is 10.1. The molecule has 2 rings (SSSR count). The van der Waals surface area contributed by atoms with E-state index in [-0.39, 0.29) is 0 Å². The highest BCUT2D eigenvalue weighted by molar-refractivity contribution is 5.36. The number of hydrogen-bond donors (Lipinski definition) is 3. The van der Waals surface area contributed by atoms with Crippen LogP contribution in [0.25, 0.3) is 0 Å². The number of hydrogen-bond acceptors (Lipinski definition) is 5. The Morgan fingerprint density at radius 3 is 3.07 bits per heavy atom. The van der Waals surface area contributed by atoms with Crippen LogP contribution in [-0.4, -0.2) is 22.1 Å². The molecule has 1 aliphatic carbocycles. The second-order valence-corrected chi connectivity index (χ2v) is 3.47. The Morgan fingerprint density at radius 1 is 1.57 bits per heavy atom. The first-order chi connectivity index (χ1) is 6.72. The molecule has 0 saturated carbocycles. The van der Waals surface area contributed by atoms with E-state index in [9.17, 15) is 5.11 Å². The summed E-state index contributed by atoms with van der Waals surface area (Å²) in [4.78, 5) is 8.26. The van der Waals surface area contributed by atoms with Crippen molar-refractivity contribution in [1.82, 2.24) is 15.3 Å². The number of nitrogens with two attached hydrogens (primary N) is 1. The first kappa shape index (κ1) is 9.36. The lowest BCUT2D eigenvalue weighted by molar-refractivity contribution is 0.178. The molecular weight excluding hydrogens is 180 g/mol. The molecule has 1 aromatic rings. The van der Waals surface area contributed by atoms with Gasteiger partial charge in [-0.15, -0.1) is 0 Å². The van der Waals surface area contributed by atoms with Gasteiger partial charge < -0.3 is 16.2 Å². The van der Waals surface area contributed by atoms with Gasteiger partial charge in [0.15, 0.2) is 0 Å². The second-order valence-electron chi connectivity index (χ2n) is 3.47. The SMILES string of the molecule is CNCc1nc(N)nc2c1C(O)CC2. The van der Waals surface area contributed by atoms with Crippen LogP contribution in [0.1, 0.15) is 29.5 Å². The summed E-state index contributed by atoms with van der Waals surface area (Å²) in [5.41, 5.74) is 8.16. The molecule has 4 N–H and O–H groups in total. The third-order valence-corrected chi connectivity index (χ3v) is 2.45. The van der Waals surface area contributed by atoms with E-state index in [2.05, 4.69) is 15.3 Å². The third-order valence-electron chi connectivity index (χ3n) is 2.45. The Kier molecular flexibility index (Phi) is 2.35. The lowest BCUT2D eigenvalue weighted by atomic mass is 10.1. The van der Waals surface area contributed by atoms with Crippen LogP contribution >= 0.6 is 0 Å². The van der Waals surface area contributed by atoms with E-state index in [4.69, 9.17) is 5.73 Å². The first-order valence-electron chi connectivity index (χ1n) is 4.70. The average molecular weight is 194 g/mol. The van der Waals surface area contributed by atoms with Gasteiger partial charge >= 0.3 is 0 Å². The molecular formula is C9H14N4O. The largest absolute Gasteiger partial charge is 0.388 e. The smallest absolute Gasteiger partial charge is 0.220 e. The number of rotatable bonds is 2. The lowest BCUT2D eigenvalue weighted by Crippen LogP contribution is -2.13. The minimum absolute atomic E-state index is 0.295. The molecule has 5 nitrogen and oxygen atoms in total. The van der Waals surface area contributed by atoms with Gasteiger partial charge in [0.1, 0.15) is 0 Å².